The van der Waals surface area contributed by atoms with Crippen molar-refractivity contribution in [3.05, 3.63) is 88.2 Å². The highest BCUT2D eigenvalue weighted by Crippen LogP contribution is 2.24. The molecule has 0 saturated carbocycles. The number of carbonyl (C=O) groups excluding carboxylic acids is 2. The minimum Gasteiger partial charge on any atom is -0.545 e. The molecule has 6 nitrogen and oxygen atoms in total. The van der Waals surface area contributed by atoms with Gasteiger partial charge in [0.2, 0.25) is 0 Å². The Kier molecular flexibility index (Phi) is 5.84. The number of nitrogens with zero attached hydrogens (tertiary/aromatic N) is 2. The normalized spacial score (nSPS) is 11.1. The van der Waals surface area contributed by atoms with Gasteiger partial charge in [-0.05, 0) is 67.8 Å². The van der Waals surface area contributed by atoms with E-state index in [-0.39, 0.29) is 11.1 Å². The Morgan fingerprint density at radius 3 is 2.33 bits per heavy atom. The summed E-state index contributed by atoms with van der Waals surface area (Å²) in [5.74, 6) is -1.71. The lowest BCUT2D eigenvalue weighted by Crippen LogP contribution is -2.22. The molecule has 3 aromatic rings. The lowest BCUT2D eigenvalue weighted by atomic mass is 10.1. The number of carboxylic acid groups (broad SMARTS) is 1. The second kappa shape index (κ2) is 8.50. The molecule has 1 N–H and O–H groups in total. The summed E-state index contributed by atoms with van der Waals surface area (Å²) in [6.45, 7) is 5.65. The van der Waals surface area contributed by atoms with Gasteiger partial charge < -0.3 is 19.8 Å². The maximum absolute atomic E-state index is 12.6. The first-order chi connectivity index (χ1) is 14.3. The highest BCUT2D eigenvalue weighted by molar-refractivity contribution is 6.10. The second-order valence-electron chi connectivity index (χ2n) is 6.94. The number of aromatic carboxylic acids is 1. The number of hydrogen-bond acceptors (Lipinski definition) is 4. The van der Waals surface area contributed by atoms with Crippen LogP contribution in [0.3, 0.4) is 0 Å². The molecule has 0 fully saturated rings. The summed E-state index contributed by atoms with van der Waals surface area (Å²) >= 11 is 0. The lowest BCUT2D eigenvalue weighted by molar-refractivity contribution is -0.255. The standard InChI is InChI=1S/C24H21N3O3/c1-15-6-4-5-7-22(15)26-23(28)20(14-25)13-19-12-16(2)27(17(19)3)21-10-8-18(9-11-21)24(29)30/h4-13H,1-3H3,(H,26,28)(H,29,30)/p-1/b20-13-. The van der Waals surface area contributed by atoms with E-state index in [4.69, 9.17) is 0 Å². The first-order valence-corrected chi connectivity index (χ1v) is 9.31. The number of aromatic nitrogens is 1. The van der Waals surface area contributed by atoms with Gasteiger partial charge in [-0.1, -0.05) is 30.3 Å². The number of benzene rings is 2. The number of aryl methyl sites for hydroxylation is 2. The van der Waals surface area contributed by atoms with E-state index in [1.165, 1.54) is 12.1 Å². The molecule has 6 heteroatoms. The zero-order chi connectivity index (χ0) is 21.8. The Balaban J connectivity index is 1.93. The smallest absolute Gasteiger partial charge is 0.266 e. The van der Waals surface area contributed by atoms with Crippen molar-refractivity contribution in [2.75, 3.05) is 5.32 Å². The van der Waals surface area contributed by atoms with Gasteiger partial charge >= 0.3 is 0 Å². The molecule has 0 bridgehead atoms. The Bertz CT molecular complexity index is 1200. The molecule has 3 rings (SSSR count). The predicted octanol–water partition coefficient (Wildman–Crippen LogP) is 3.31. The van der Waals surface area contributed by atoms with E-state index in [9.17, 15) is 20.0 Å². The lowest BCUT2D eigenvalue weighted by Gasteiger charge is -2.11. The molecule has 1 heterocycles. The Hall–Kier alpha value is -4.11. The minimum atomic E-state index is -1.23. The third-order valence-corrected chi connectivity index (χ3v) is 4.89. The van der Waals surface area contributed by atoms with Crippen LogP contribution in [0.25, 0.3) is 11.8 Å². The van der Waals surface area contributed by atoms with Crippen molar-refractivity contribution in [1.29, 1.82) is 5.26 Å². The van der Waals surface area contributed by atoms with Crippen LogP contribution in [0.4, 0.5) is 5.69 Å². The first-order valence-electron chi connectivity index (χ1n) is 9.31. The summed E-state index contributed by atoms with van der Waals surface area (Å²) < 4.78 is 1.93. The van der Waals surface area contributed by atoms with Gasteiger partial charge in [0.1, 0.15) is 11.6 Å². The third-order valence-electron chi connectivity index (χ3n) is 4.89. The van der Waals surface area contributed by atoms with Crippen molar-refractivity contribution in [3.8, 4) is 11.8 Å². The fourth-order valence-electron chi connectivity index (χ4n) is 3.28. The summed E-state index contributed by atoms with van der Waals surface area (Å²) in [6.07, 6.45) is 1.56. The maximum atomic E-state index is 12.6. The molecule has 30 heavy (non-hydrogen) atoms. The number of anilines is 1. The van der Waals surface area contributed by atoms with Crippen LogP contribution in [0.5, 0.6) is 0 Å². The van der Waals surface area contributed by atoms with Crippen LogP contribution < -0.4 is 10.4 Å². The van der Waals surface area contributed by atoms with E-state index < -0.39 is 11.9 Å². The van der Waals surface area contributed by atoms with Crippen LogP contribution in [0.15, 0.2) is 60.2 Å². The third kappa shape index (κ3) is 4.15. The van der Waals surface area contributed by atoms with Crippen molar-refractivity contribution >= 4 is 23.6 Å². The fourth-order valence-corrected chi connectivity index (χ4v) is 3.28. The summed E-state index contributed by atoms with van der Waals surface area (Å²) in [5.41, 5.74) is 4.86. The topological polar surface area (TPSA) is 98.0 Å². The molecule has 0 aliphatic carbocycles. The van der Waals surface area contributed by atoms with E-state index in [2.05, 4.69) is 5.32 Å². The minimum absolute atomic E-state index is 0.00852. The largest absolute Gasteiger partial charge is 0.545 e. The van der Waals surface area contributed by atoms with E-state index in [1.807, 2.05) is 55.7 Å². The number of rotatable bonds is 5. The average molecular weight is 398 g/mol. The van der Waals surface area contributed by atoms with Crippen molar-refractivity contribution in [3.63, 3.8) is 0 Å². The van der Waals surface area contributed by atoms with Crippen molar-refractivity contribution < 1.29 is 14.7 Å². The van der Waals surface area contributed by atoms with Crippen LogP contribution in [0, 0.1) is 32.1 Å². The van der Waals surface area contributed by atoms with Crippen LogP contribution in [0.1, 0.15) is 32.9 Å². The average Bonchev–Trinajstić information content (AvgIpc) is 3.00. The molecule has 0 saturated heterocycles. The van der Waals surface area contributed by atoms with Gasteiger partial charge in [0.15, 0.2) is 0 Å². The van der Waals surface area contributed by atoms with E-state index in [0.29, 0.717) is 5.69 Å². The maximum Gasteiger partial charge on any atom is 0.266 e. The summed E-state index contributed by atoms with van der Waals surface area (Å²) in [6, 6.07) is 17.5. The molecule has 0 unspecified atom stereocenters. The number of nitriles is 1. The summed E-state index contributed by atoms with van der Waals surface area (Å²) in [4.78, 5) is 23.6. The Morgan fingerprint density at radius 1 is 1.07 bits per heavy atom. The van der Waals surface area contributed by atoms with Gasteiger partial charge in [0, 0.05) is 22.8 Å². The number of hydrogen-bond donors (Lipinski definition) is 1. The van der Waals surface area contributed by atoms with Crippen molar-refractivity contribution in [2.24, 2.45) is 0 Å². The quantitative estimate of drug-likeness (QED) is 0.527. The van der Waals surface area contributed by atoms with Gasteiger partial charge in [-0.15, -0.1) is 0 Å². The SMILES string of the molecule is Cc1ccccc1NC(=O)/C(C#N)=C\c1cc(C)n(-c2ccc(C(=O)[O-])cc2)c1C. The molecule has 0 aliphatic rings. The second-order valence-corrected chi connectivity index (χ2v) is 6.94. The molecule has 0 spiro atoms. The molecule has 1 amide bonds. The Labute approximate surface area is 174 Å². The van der Waals surface area contributed by atoms with Crippen LogP contribution in [-0.4, -0.2) is 16.4 Å². The molecule has 150 valence electrons. The monoisotopic (exact) mass is 398 g/mol. The van der Waals surface area contributed by atoms with Gasteiger partial charge in [-0.3, -0.25) is 4.79 Å². The van der Waals surface area contributed by atoms with E-state index >= 15 is 0 Å². The van der Waals surface area contributed by atoms with E-state index in [0.717, 1.165) is 28.2 Å². The zero-order valence-electron chi connectivity index (χ0n) is 16.9. The molecule has 0 aliphatic heterocycles. The number of nitrogens with one attached hydrogen (secondary N) is 1. The molecule has 2 aromatic carbocycles. The molecule has 1 aromatic heterocycles. The predicted molar refractivity (Wildman–Crippen MR) is 113 cm³/mol. The van der Waals surface area contributed by atoms with Gasteiger partial charge in [-0.2, -0.15) is 5.26 Å². The molecular weight excluding hydrogens is 378 g/mol. The van der Waals surface area contributed by atoms with Crippen molar-refractivity contribution in [1.82, 2.24) is 4.57 Å². The Morgan fingerprint density at radius 2 is 1.73 bits per heavy atom. The highest BCUT2D eigenvalue weighted by atomic mass is 16.4. The van der Waals surface area contributed by atoms with Gasteiger partial charge in [0.05, 0.1) is 5.97 Å². The number of carbonyl (C=O) groups is 2. The highest BCUT2D eigenvalue weighted by Gasteiger charge is 2.14. The molecular formula is C24H20N3O3-. The number of carboxylic acids is 1. The van der Waals surface area contributed by atoms with Gasteiger partial charge in [-0.25, -0.2) is 0 Å². The molecule has 0 atom stereocenters. The van der Waals surface area contributed by atoms with E-state index in [1.54, 1.807) is 24.3 Å². The fraction of sp³-hybridized carbons (Fsp3) is 0.125. The van der Waals surface area contributed by atoms with Crippen LogP contribution in [-0.2, 0) is 4.79 Å². The summed E-state index contributed by atoms with van der Waals surface area (Å²) in [5, 5.41) is 23.3. The first kappa shape index (κ1) is 20.6. The van der Waals surface area contributed by atoms with Crippen molar-refractivity contribution in [2.45, 2.75) is 20.8 Å². The zero-order valence-corrected chi connectivity index (χ0v) is 16.9. The van der Waals surface area contributed by atoms with Crippen LogP contribution >= 0.6 is 0 Å². The molecule has 0 radical (unpaired) electrons. The van der Waals surface area contributed by atoms with Gasteiger partial charge in [0.25, 0.3) is 5.91 Å². The number of amides is 1. The number of para-hydroxylation sites is 1. The summed E-state index contributed by atoms with van der Waals surface area (Å²) in [7, 11) is 0. The van der Waals surface area contributed by atoms with Crippen LogP contribution in [0.2, 0.25) is 0 Å².